The summed E-state index contributed by atoms with van der Waals surface area (Å²) in [5.41, 5.74) is 8.52. The van der Waals surface area contributed by atoms with E-state index >= 15 is 0 Å². The van der Waals surface area contributed by atoms with Crippen molar-refractivity contribution in [1.82, 2.24) is 9.97 Å². The van der Waals surface area contributed by atoms with E-state index in [0.29, 0.717) is 0 Å². The summed E-state index contributed by atoms with van der Waals surface area (Å²) in [5.74, 6) is 2.59. The fraction of sp³-hybridized carbons (Fsp3) is 0.500. The quantitative estimate of drug-likeness (QED) is 0.916. The lowest BCUT2D eigenvalue weighted by Crippen LogP contribution is -2.47. The van der Waals surface area contributed by atoms with Crippen LogP contribution in [-0.2, 0) is 0 Å². The molecule has 0 amide bonds. The Bertz CT molecular complexity index is 718. The van der Waals surface area contributed by atoms with E-state index in [4.69, 9.17) is 5.73 Å². The molecule has 2 N–H and O–H groups in total. The molecule has 0 bridgehead atoms. The Morgan fingerprint density at radius 3 is 1.96 bits per heavy atom. The number of aromatic nitrogens is 2. The third-order valence-corrected chi connectivity index (χ3v) is 5.63. The third kappa shape index (κ3) is 3.41. The van der Waals surface area contributed by atoms with Gasteiger partial charge >= 0.3 is 0 Å². The molecule has 26 heavy (non-hydrogen) atoms. The van der Waals surface area contributed by atoms with Gasteiger partial charge in [-0.25, -0.2) is 9.97 Å². The van der Waals surface area contributed by atoms with Crippen LogP contribution < -0.4 is 20.4 Å². The highest BCUT2D eigenvalue weighted by molar-refractivity contribution is 5.76. The molecule has 0 saturated carbocycles. The molecule has 4 rings (SSSR count). The average Bonchev–Trinajstić information content (AvgIpc) is 2.70. The highest BCUT2D eigenvalue weighted by Crippen LogP contribution is 2.32. The van der Waals surface area contributed by atoms with Crippen molar-refractivity contribution in [3.63, 3.8) is 0 Å². The number of piperidine rings is 1. The number of para-hydroxylation sites is 1. The molecule has 0 radical (unpaired) electrons. The lowest BCUT2D eigenvalue weighted by atomic mass is 9.99. The van der Waals surface area contributed by atoms with E-state index in [1.165, 1.54) is 18.5 Å². The number of piperazine rings is 1. The summed E-state index contributed by atoms with van der Waals surface area (Å²) >= 11 is 0. The molecule has 2 aliphatic rings. The number of nitrogen functional groups attached to an aromatic ring is 1. The number of rotatable bonds is 3. The van der Waals surface area contributed by atoms with Crippen LogP contribution >= 0.6 is 0 Å². The lowest BCUT2D eigenvalue weighted by molar-refractivity contribution is 0.437. The van der Waals surface area contributed by atoms with Crippen molar-refractivity contribution in [2.45, 2.75) is 19.8 Å². The molecule has 6 heteroatoms. The standard InChI is InChI=1S/C20H28N6/c1-16-7-9-25(10-8-16)19-18(21)20(23-15-22-19)26-13-11-24(12-14-26)17-5-3-2-4-6-17/h2-6,15-16H,7-14,21H2,1H3. The number of hydrogen-bond donors (Lipinski definition) is 1. The largest absolute Gasteiger partial charge is 0.393 e. The first-order valence-corrected chi connectivity index (χ1v) is 9.63. The molecule has 2 saturated heterocycles. The summed E-state index contributed by atoms with van der Waals surface area (Å²) in [4.78, 5) is 16.0. The maximum Gasteiger partial charge on any atom is 0.157 e. The van der Waals surface area contributed by atoms with Crippen LogP contribution in [0.2, 0.25) is 0 Å². The minimum Gasteiger partial charge on any atom is -0.393 e. The topological polar surface area (TPSA) is 61.5 Å². The van der Waals surface area contributed by atoms with Gasteiger partial charge in [0.2, 0.25) is 0 Å². The SMILES string of the molecule is CC1CCN(c2ncnc(N3CCN(c4ccccc4)CC3)c2N)CC1. The zero-order valence-electron chi connectivity index (χ0n) is 15.5. The summed E-state index contributed by atoms with van der Waals surface area (Å²) in [6, 6.07) is 10.6. The fourth-order valence-electron chi connectivity index (χ4n) is 3.92. The molecule has 2 fully saturated rings. The van der Waals surface area contributed by atoms with Gasteiger partial charge in [-0.2, -0.15) is 0 Å². The van der Waals surface area contributed by atoms with Gasteiger partial charge in [0.05, 0.1) is 0 Å². The van der Waals surface area contributed by atoms with Crippen molar-refractivity contribution < 1.29 is 0 Å². The Morgan fingerprint density at radius 1 is 0.808 bits per heavy atom. The Hall–Kier alpha value is -2.50. The molecular weight excluding hydrogens is 324 g/mol. The van der Waals surface area contributed by atoms with Crippen LogP contribution in [0.25, 0.3) is 0 Å². The zero-order chi connectivity index (χ0) is 17.9. The minimum absolute atomic E-state index is 0.732. The van der Waals surface area contributed by atoms with Crippen LogP contribution in [0.4, 0.5) is 23.0 Å². The summed E-state index contributed by atoms with van der Waals surface area (Å²) in [5, 5.41) is 0. The minimum atomic E-state index is 0.732. The summed E-state index contributed by atoms with van der Waals surface area (Å²) in [6.07, 6.45) is 4.08. The third-order valence-electron chi connectivity index (χ3n) is 5.63. The first-order chi connectivity index (χ1) is 12.7. The van der Waals surface area contributed by atoms with Crippen molar-refractivity contribution in [3.8, 4) is 0 Å². The second-order valence-electron chi connectivity index (χ2n) is 7.41. The normalized spacial score (nSPS) is 19.0. The maximum absolute atomic E-state index is 6.50. The van der Waals surface area contributed by atoms with Crippen molar-refractivity contribution in [2.75, 3.05) is 59.7 Å². The molecule has 6 nitrogen and oxygen atoms in total. The second-order valence-corrected chi connectivity index (χ2v) is 7.41. The summed E-state index contributed by atoms with van der Waals surface area (Å²) in [7, 11) is 0. The molecule has 0 spiro atoms. The van der Waals surface area contributed by atoms with Crippen LogP contribution in [0.3, 0.4) is 0 Å². The molecule has 2 aliphatic heterocycles. The Kier molecular flexibility index (Phi) is 4.82. The number of nitrogens with zero attached hydrogens (tertiary/aromatic N) is 5. The number of benzene rings is 1. The van der Waals surface area contributed by atoms with Crippen molar-refractivity contribution in [3.05, 3.63) is 36.7 Å². The molecular formula is C20H28N6. The Morgan fingerprint density at radius 2 is 1.35 bits per heavy atom. The van der Waals surface area contributed by atoms with Crippen LogP contribution in [-0.4, -0.2) is 49.2 Å². The van der Waals surface area contributed by atoms with Gasteiger partial charge in [-0.15, -0.1) is 0 Å². The number of hydrogen-bond acceptors (Lipinski definition) is 6. The molecule has 0 unspecified atom stereocenters. The predicted octanol–water partition coefficient (Wildman–Crippen LogP) is 2.62. The molecule has 1 aromatic carbocycles. The molecule has 2 aromatic rings. The molecule has 0 atom stereocenters. The van der Waals surface area contributed by atoms with Crippen LogP contribution in [0.15, 0.2) is 36.7 Å². The summed E-state index contributed by atoms with van der Waals surface area (Å²) in [6.45, 7) is 8.18. The predicted molar refractivity (Wildman–Crippen MR) is 108 cm³/mol. The van der Waals surface area contributed by atoms with E-state index in [0.717, 1.165) is 62.5 Å². The van der Waals surface area contributed by atoms with E-state index in [-0.39, 0.29) is 0 Å². The van der Waals surface area contributed by atoms with E-state index < -0.39 is 0 Å². The van der Waals surface area contributed by atoms with Gasteiger partial charge < -0.3 is 20.4 Å². The summed E-state index contributed by atoms with van der Waals surface area (Å²) < 4.78 is 0. The van der Waals surface area contributed by atoms with Gasteiger partial charge in [0.25, 0.3) is 0 Å². The smallest absolute Gasteiger partial charge is 0.157 e. The second kappa shape index (κ2) is 7.40. The van der Waals surface area contributed by atoms with E-state index in [1.54, 1.807) is 6.33 Å². The first-order valence-electron chi connectivity index (χ1n) is 9.63. The van der Waals surface area contributed by atoms with Gasteiger partial charge in [0, 0.05) is 45.0 Å². The highest BCUT2D eigenvalue weighted by atomic mass is 15.3. The monoisotopic (exact) mass is 352 g/mol. The molecule has 0 aliphatic carbocycles. The van der Waals surface area contributed by atoms with E-state index in [2.05, 4.69) is 61.9 Å². The molecule has 1 aromatic heterocycles. The first kappa shape index (κ1) is 16.9. The van der Waals surface area contributed by atoms with Crippen molar-refractivity contribution in [2.24, 2.45) is 5.92 Å². The lowest BCUT2D eigenvalue weighted by Gasteiger charge is -2.38. The van der Waals surface area contributed by atoms with Crippen LogP contribution in [0.5, 0.6) is 0 Å². The van der Waals surface area contributed by atoms with Gasteiger partial charge in [-0.05, 0) is 30.9 Å². The zero-order valence-corrected chi connectivity index (χ0v) is 15.5. The van der Waals surface area contributed by atoms with E-state index in [1.807, 2.05) is 0 Å². The average molecular weight is 352 g/mol. The van der Waals surface area contributed by atoms with Gasteiger partial charge in [0.15, 0.2) is 11.6 Å². The maximum atomic E-state index is 6.50. The number of anilines is 4. The molecule has 3 heterocycles. The van der Waals surface area contributed by atoms with Crippen LogP contribution in [0.1, 0.15) is 19.8 Å². The molecule has 138 valence electrons. The van der Waals surface area contributed by atoms with Crippen LogP contribution in [0, 0.1) is 5.92 Å². The Labute approximate surface area is 155 Å². The van der Waals surface area contributed by atoms with Gasteiger partial charge in [-0.1, -0.05) is 25.1 Å². The van der Waals surface area contributed by atoms with E-state index in [9.17, 15) is 0 Å². The van der Waals surface area contributed by atoms with Gasteiger partial charge in [-0.3, -0.25) is 0 Å². The highest BCUT2D eigenvalue weighted by Gasteiger charge is 2.24. The number of nitrogens with two attached hydrogens (primary N) is 1. The van der Waals surface area contributed by atoms with Gasteiger partial charge in [0.1, 0.15) is 12.0 Å². The van der Waals surface area contributed by atoms with Crippen molar-refractivity contribution >= 4 is 23.0 Å². The fourth-order valence-corrected chi connectivity index (χ4v) is 3.92. The van der Waals surface area contributed by atoms with Crippen molar-refractivity contribution in [1.29, 1.82) is 0 Å². The Balaban J connectivity index is 1.46.